The third-order valence-electron chi connectivity index (χ3n) is 5.74. The molecule has 0 spiro atoms. The van der Waals surface area contributed by atoms with Crippen LogP contribution in [-0.4, -0.2) is 67.9 Å². The van der Waals surface area contributed by atoms with Crippen LogP contribution in [-0.2, 0) is 9.53 Å². The molecule has 0 unspecified atom stereocenters. The van der Waals surface area contributed by atoms with E-state index in [0.29, 0.717) is 30.4 Å². The summed E-state index contributed by atoms with van der Waals surface area (Å²) in [4.78, 5) is 26.2. The summed E-state index contributed by atoms with van der Waals surface area (Å²) in [5, 5.41) is 11.6. The van der Waals surface area contributed by atoms with Gasteiger partial charge in [-0.15, -0.1) is 0 Å². The minimum Gasteiger partial charge on any atom is -0.492 e. The number of ether oxygens (including phenoxy) is 2. The van der Waals surface area contributed by atoms with E-state index in [2.05, 4.69) is 10.2 Å². The Bertz CT molecular complexity index is 694. The van der Waals surface area contributed by atoms with Crippen molar-refractivity contribution in [3.05, 3.63) is 29.8 Å². The van der Waals surface area contributed by atoms with Gasteiger partial charge in [0.1, 0.15) is 18.5 Å². The van der Waals surface area contributed by atoms with E-state index in [4.69, 9.17) is 14.7 Å². The van der Waals surface area contributed by atoms with Crippen molar-refractivity contribution in [2.45, 2.75) is 37.9 Å². The molecule has 0 aromatic heterocycles. The molecule has 0 radical (unpaired) electrons. The highest BCUT2D eigenvalue weighted by molar-refractivity contribution is 5.93. The monoisotopic (exact) mass is 405 g/mol. The average Bonchev–Trinajstić information content (AvgIpc) is 3.09. The highest BCUT2D eigenvalue weighted by Gasteiger charge is 2.47. The summed E-state index contributed by atoms with van der Waals surface area (Å²) in [5.74, 6) is 0.634. The van der Waals surface area contributed by atoms with Crippen molar-refractivity contribution in [1.82, 2.24) is 15.7 Å². The molecule has 160 valence electrons. The van der Waals surface area contributed by atoms with Gasteiger partial charge in [-0.2, -0.15) is 0 Å². The summed E-state index contributed by atoms with van der Waals surface area (Å²) in [6.07, 6.45) is 4.38. The molecule has 4 atom stereocenters. The Morgan fingerprint density at radius 2 is 1.93 bits per heavy atom. The highest BCUT2D eigenvalue weighted by atomic mass is 16.5. The fourth-order valence-corrected chi connectivity index (χ4v) is 4.42. The predicted molar refractivity (Wildman–Crippen MR) is 107 cm³/mol. The quantitative estimate of drug-likeness (QED) is 0.344. The van der Waals surface area contributed by atoms with Gasteiger partial charge in [0.15, 0.2) is 0 Å². The summed E-state index contributed by atoms with van der Waals surface area (Å²) < 4.78 is 11.8. The number of rotatable bonds is 8. The molecular formula is C21H31N3O5. The van der Waals surface area contributed by atoms with Gasteiger partial charge in [0.25, 0.3) is 5.91 Å². The van der Waals surface area contributed by atoms with Gasteiger partial charge >= 0.3 is 0 Å². The topological polar surface area (TPSA) is 100 Å². The van der Waals surface area contributed by atoms with Crippen LogP contribution in [0.25, 0.3) is 0 Å². The first-order valence-corrected chi connectivity index (χ1v) is 10.2. The Morgan fingerprint density at radius 1 is 1.21 bits per heavy atom. The van der Waals surface area contributed by atoms with Gasteiger partial charge in [0.2, 0.25) is 5.91 Å². The number of amides is 2. The molecule has 3 rings (SSSR count). The lowest BCUT2D eigenvalue weighted by molar-refractivity contribution is -0.134. The van der Waals surface area contributed by atoms with E-state index < -0.39 is 12.0 Å². The van der Waals surface area contributed by atoms with Crippen molar-refractivity contribution >= 4 is 11.8 Å². The summed E-state index contributed by atoms with van der Waals surface area (Å²) in [5.41, 5.74) is 1.92. The average molecular weight is 405 g/mol. The fourth-order valence-electron chi connectivity index (χ4n) is 4.42. The number of hydroxylamine groups is 1. The first-order chi connectivity index (χ1) is 14.0. The van der Waals surface area contributed by atoms with Crippen LogP contribution in [0.1, 0.15) is 36.0 Å². The molecule has 1 saturated heterocycles. The summed E-state index contributed by atoms with van der Waals surface area (Å²) >= 11 is 0. The molecule has 1 aliphatic carbocycles. The fraction of sp³-hybridized carbons (Fsp3) is 0.619. The SMILES string of the molecule is CN(C)C[C@H]1[C@H]2CCCC[C@@H]2O[C@H]1C(=O)NCCOc1ccc(C(=O)NO)cc1. The van der Waals surface area contributed by atoms with Crippen LogP contribution in [0, 0.1) is 11.8 Å². The zero-order valence-corrected chi connectivity index (χ0v) is 17.1. The van der Waals surface area contributed by atoms with E-state index in [-0.39, 0.29) is 17.9 Å². The van der Waals surface area contributed by atoms with Gasteiger partial charge in [-0.25, -0.2) is 5.48 Å². The smallest absolute Gasteiger partial charge is 0.274 e. The van der Waals surface area contributed by atoms with Crippen molar-refractivity contribution in [3.8, 4) is 5.75 Å². The predicted octanol–water partition coefficient (Wildman–Crippen LogP) is 1.44. The number of carbonyl (C=O) groups excluding carboxylic acids is 2. The normalized spacial score (nSPS) is 26.1. The third-order valence-corrected chi connectivity index (χ3v) is 5.74. The van der Waals surface area contributed by atoms with E-state index >= 15 is 0 Å². The van der Waals surface area contributed by atoms with Gasteiger partial charge in [-0.1, -0.05) is 12.8 Å². The number of hydrogen-bond donors (Lipinski definition) is 3. The zero-order chi connectivity index (χ0) is 20.8. The van der Waals surface area contributed by atoms with E-state index in [9.17, 15) is 9.59 Å². The highest BCUT2D eigenvalue weighted by Crippen LogP contribution is 2.41. The van der Waals surface area contributed by atoms with Crippen molar-refractivity contribution in [3.63, 3.8) is 0 Å². The van der Waals surface area contributed by atoms with E-state index in [0.717, 1.165) is 19.4 Å². The second kappa shape index (κ2) is 10.0. The largest absolute Gasteiger partial charge is 0.492 e. The van der Waals surface area contributed by atoms with Crippen molar-refractivity contribution in [1.29, 1.82) is 0 Å². The number of carbonyl (C=O) groups is 2. The molecule has 2 fully saturated rings. The van der Waals surface area contributed by atoms with Crippen LogP contribution in [0.4, 0.5) is 0 Å². The van der Waals surface area contributed by atoms with E-state index in [1.165, 1.54) is 12.8 Å². The van der Waals surface area contributed by atoms with E-state index in [1.807, 2.05) is 14.1 Å². The Labute approximate surface area is 171 Å². The molecule has 8 heteroatoms. The standard InChI is InChI=1S/C21H31N3O5/c1-24(2)13-17-16-5-3-4-6-18(16)29-19(17)21(26)22-11-12-28-15-9-7-14(8-10-15)20(25)23-27/h7-10,16-19,27H,3-6,11-13H2,1-2H3,(H,22,26)(H,23,25)/t16-,17+,18+,19-/m1/s1. The molecule has 1 aromatic rings. The Kier molecular flexibility index (Phi) is 7.46. The van der Waals surface area contributed by atoms with Crippen molar-refractivity contribution in [2.75, 3.05) is 33.8 Å². The second-order valence-electron chi connectivity index (χ2n) is 8.07. The molecule has 0 bridgehead atoms. The van der Waals surface area contributed by atoms with Crippen LogP contribution >= 0.6 is 0 Å². The molecule has 1 saturated carbocycles. The van der Waals surface area contributed by atoms with Crippen LogP contribution in [0.15, 0.2) is 24.3 Å². The first kappa shape index (κ1) is 21.5. The molecule has 1 heterocycles. The first-order valence-electron chi connectivity index (χ1n) is 10.2. The van der Waals surface area contributed by atoms with Crippen LogP contribution in [0.2, 0.25) is 0 Å². The molecule has 2 aliphatic rings. The Morgan fingerprint density at radius 3 is 2.62 bits per heavy atom. The van der Waals surface area contributed by atoms with Crippen LogP contribution < -0.4 is 15.5 Å². The summed E-state index contributed by atoms with van der Waals surface area (Å²) in [7, 11) is 4.07. The number of nitrogens with one attached hydrogen (secondary N) is 2. The maximum absolute atomic E-state index is 12.8. The van der Waals surface area contributed by atoms with E-state index in [1.54, 1.807) is 29.7 Å². The van der Waals surface area contributed by atoms with Gasteiger partial charge < -0.3 is 19.7 Å². The number of benzene rings is 1. The van der Waals surface area contributed by atoms with Gasteiger partial charge in [-0.05, 0) is 57.1 Å². The van der Waals surface area contributed by atoms with Gasteiger partial charge in [-0.3, -0.25) is 14.8 Å². The number of fused-ring (bicyclic) bond motifs is 1. The maximum atomic E-state index is 12.8. The minimum atomic E-state index is -0.576. The van der Waals surface area contributed by atoms with Crippen molar-refractivity contribution in [2.24, 2.45) is 11.8 Å². The van der Waals surface area contributed by atoms with Crippen molar-refractivity contribution < 1.29 is 24.3 Å². The van der Waals surface area contributed by atoms with Gasteiger partial charge in [0.05, 0.1) is 12.6 Å². The Balaban J connectivity index is 1.47. The molecule has 1 aliphatic heterocycles. The lowest BCUT2D eigenvalue weighted by atomic mass is 9.78. The summed E-state index contributed by atoms with van der Waals surface area (Å²) in [6, 6.07) is 6.40. The molecule has 1 aromatic carbocycles. The molecular weight excluding hydrogens is 374 g/mol. The van der Waals surface area contributed by atoms with Gasteiger partial charge in [0, 0.05) is 18.0 Å². The Hall–Kier alpha value is -2.16. The zero-order valence-electron chi connectivity index (χ0n) is 17.1. The lowest BCUT2D eigenvalue weighted by Gasteiger charge is -2.29. The lowest BCUT2D eigenvalue weighted by Crippen LogP contribution is -2.43. The maximum Gasteiger partial charge on any atom is 0.274 e. The van der Waals surface area contributed by atoms with Crippen LogP contribution in [0.5, 0.6) is 5.75 Å². The third kappa shape index (κ3) is 5.46. The van der Waals surface area contributed by atoms with Crippen LogP contribution in [0.3, 0.4) is 0 Å². The summed E-state index contributed by atoms with van der Waals surface area (Å²) in [6.45, 7) is 1.54. The molecule has 29 heavy (non-hydrogen) atoms. The molecule has 2 amide bonds. The number of hydrogen-bond acceptors (Lipinski definition) is 6. The molecule has 8 nitrogen and oxygen atoms in total. The second-order valence-corrected chi connectivity index (χ2v) is 8.07. The minimum absolute atomic E-state index is 0.0650. The number of nitrogens with zero attached hydrogens (tertiary/aromatic N) is 1. The molecule has 3 N–H and O–H groups in total.